The lowest BCUT2D eigenvalue weighted by molar-refractivity contribution is -0.122. The van der Waals surface area contributed by atoms with E-state index in [9.17, 15) is 14.7 Å². The van der Waals surface area contributed by atoms with Crippen molar-refractivity contribution in [3.8, 4) is 0 Å². The number of amides is 1. The first-order valence-electron chi connectivity index (χ1n) is 7.03. The molecule has 1 amide bonds. The summed E-state index contributed by atoms with van der Waals surface area (Å²) in [6.07, 6.45) is 0.832. The normalized spacial score (nSPS) is 34.3. The summed E-state index contributed by atoms with van der Waals surface area (Å²) >= 11 is 0. The van der Waals surface area contributed by atoms with Crippen LogP contribution in [0, 0.1) is 5.92 Å². The topological polar surface area (TPSA) is 76.1 Å². The molecule has 0 aromatic heterocycles. The molecule has 20 heavy (non-hydrogen) atoms. The van der Waals surface area contributed by atoms with Gasteiger partial charge in [0.1, 0.15) is 17.4 Å². The minimum absolute atomic E-state index is 0.211. The number of aliphatic hydroxyl groups is 1. The number of ether oxygens (including phenoxy) is 2. The molecule has 2 rings (SSSR count). The zero-order valence-electron chi connectivity index (χ0n) is 12.3. The van der Waals surface area contributed by atoms with Gasteiger partial charge in [-0.25, -0.2) is 4.79 Å². The van der Waals surface area contributed by atoms with Crippen LogP contribution < -0.4 is 0 Å². The number of nitrogens with zero attached hydrogens (tertiary/aromatic N) is 1. The van der Waals surface area contributed by atoms with Crippen LogP contribution in [0.5, 0.6) is 0 Å². The number of aliphatic hydroxyl groups excluding tert-OH is 1. The minimum atomic E-state index is -1.00. The Morgan fingerprint density at radius 3 is 2.65 bits per heavy atom. The molecule has 0 aromatic rings. The van der Waals surface area contributed by atoms with Crippen molar-refractivity contribution in [1.82, 2.24) is 4.90 Å². The van der Waals surface area contributed by atoms with Crippen molar-refractivity contribution in [3.05, 3.63) is 0 Å². The van der Waals surface area contributed by atoms with Gasteiger partial charge < -0.3 is 19.4 Å². The third kappa shape index (κ3) is 2.67. The second-order valence-electron chi connectivity index (χ2n) is 6.56. The third-order valence-electron chi connectivity index (χ3n) is 3.97. The standard InChI is InChI=1S/C14H23NO5/c1-13(2,3)20-12(18)15-6-4-5-14(15,9-16)10-7-19-8-11(10)17/h9-11,17H,4-8H2,1-3H3. The van der Waals surface area contributed by atoms with Gasteiger partial charge in [0.15, 0.2) is 0 Å². The maximum Gasteiger partial charge on any atom is 0.411 e. The smallest absolute Gasteiger partial charge is 0.411 e. The summed E-state index contributed by atoms with van der Waals surface area (Å²) < 4.78 is 10.6. The molecule has 0 saturated carbocycles. The van der Waals surface area contributed by atoms with Crippen molar-refractivity contribution in [1.29, 1.82) is 0 Å². The molecule has 0 bridgehead atoms. The molecule has 6 heteroatoms. The van der Waals surface area contributed by atoms with E-state index in [0.29, 0.717) is 19.6 Å². The van der Waals surface area contributed by atoms with Crippen molar-refractivity contribution >= 4 is 12.4 Å². The Morgan fingerprint density at radius 1 is 1.45 bits per heavy atom. The average Bonchev–Trinajstić information content (AvgIpc) is 2.93. The Hall–Kier alpha value is -1.14. The van der Waals surface area contributed by atoms with Crippen LogP contribution in [0.1, 0.15) is 33.6 Å². The molecule has 6 nitrogen and oxygen atoms in total. The summed E-state index contributed by atoms with van der Waals surface area (Å²) in [5.74, 6) is -0.380. The van der Waals surface area contributed by atoms with Crippen LogP contribution in [-0.2, 0) is 14.3 Å². The van der Waals surface area contributed by atoms with Gasteiger partial charge in [0.05, 0.1) is 19.3 Å². The van der Waals surface area contributed by atoms with Gasteiger partial charge in [-0.1, -0.05) is 0 Å². The van der Waals surface area contributed by atoms with E-state index in [2.05, 4.69) is 0 Å². The molecule has 2 heterocycles. The highest BCUT2D eigenvalue weighted by Gasteiger charge is 2.54. The van der Waals surface area contributed by atoms with E-state index >= 15 is 0 Å². The third-order valence-corrected chi connectivity index (χ3v) is 3.97. The number of carbonyl (C=O) groups is 2. The van der Waals surface area contributed by atoms with E-state index in [1.165, 1.54) is 4.90 Å². The lowest BCUT2D eigenvalue weighted by atomic mass is 9.81. The fraction of sp³-hybridized carbons (Fsp3) is 0.857. The summed E-state index contributed by atoms with van der Waals surface area (Å²) in [5, 5.41) is 10.0. The van der Waals surface area contributed by atoms with Gasteiger partial charge in [-0.05, 0) is 33.6 Å². The molecule has 114 valence electrons. The summed E-state index contributed by atoms with van der Waals surface area (Å²) in [7, 11) is 0. The molecule has 2 aliphatic rings. The van der Waals surface area contributed by atoms with E-state index in [0.717, 1.165) is 12.7 Å². The highest BCUT2D eigenvalue weighted by molar-refractivity contribution is 5.78. The molecule has 1 N–H and O–H groups in total. The van der Waals surface area contributed by atoms with Crippen LogP contribution in [0.25, 0.3) is 0 Å². The van der Waals surface area contributed by atoms with E-state index in [-0.39, 0.29) is 12.5 Å². The molecule has 2 saturated heterocycles. The molecular formula is C14H23NO5. The largest absolute Gasteiger partial charge is 0.444 e. The maximum absolute atomic E-state index is 12.3. The Kier molecular flexibility index (Phi) is 4.07. The number of carbonyl (C=O) groups excluding carboxylic acids is 2. The van der Waals surface area contributed by atoms with Gasteiger partial charge in [0.25, 0.3) is 0 Å². The molecule has 0 aromatic carbocycles. The predicted octanol–water partition coefficient (Wildman–Crippen LogP) is 0.962. The maximum atomic E-state index is 12.3. The average molecular weight is 285 g/mol. The second-order valence-corrected chi connectivity index (χ2v) is 6.56. The van der Waals surface area contributed by atoms with Crippen LogP contribution in [0.4, 0.5) is 4.79 Å². The zero-order valence-corrected chi connectivity index (χ0v) is 12.3. The van der Waals surface area contributed by atoms with Gasteiger partial charge in [0.2, 0.25) is 0 Å². The van der Waals surface area contributed by atoms with Crippen molar-refractivity contribution < 1.29 is 24.2 Å². The number of hydrogen-bond donors (Lipinski definition) is 1. The fourth-order valence-corrected chi connectivity index (χ4v) is 3.06. The van der Waals surface area contributed by atoms with Crippen molar-refractivity contribution in [2.75, 3.05) is 19.8 Å². The van der Waals surface area contributed by atoms with Crippen molar-refractivity contribution in [2.45, 2.75) is 50.9 Å². The summed E-state index contributed by atoms with van der Waals surface area (Å²) in [4.78, 5) is 25.5. The van der Waals surface area contributed by atoms with E-state index in [4.69, 9.17) is 9.47 Å². The molecule has 0 aliphatic carbocycles. The number of aldehydes is 1. The molecular weight excluding hydrogens is 262 g/mol. The zero-order chi connectivity index (χ0) is 15.0. The Bertz CT molecular complexity index is 392. The van der Waals surface area contributed by atoms with Gasteiger partial charge >= 0.3 is 6.09 Å². The van der Waals surface area contributed by atoms with Crippen LogP contribution in [0.15, 0.2) is 0 Å². The first-order chi connectivity index (χ1) is 9.30. The van der Waals surface area contributed by atoms with Gasteiger partial charge in [-0.2, -0.15) is 0 Å². The molecule has 2 aliphatic heterocycles. The summed E-state index contributed by atoms with van der Waals surface area (Å²) in [6, 6.07) is 0. The summed E-state index contributed by atoms with van der Waals surface area (Å²) in [6.45, 7) is 6.34. The van der Waals surface area contributed by atoms with Gasteiger partial charge in [0, 0.05) is 12.5 Å². The molecule has 0 radical (unpaired) electrons. The van der Waals surface area contributed by atoms with E-state index < -0.39 is 23.3 Å². The SMILES string of the molecule is CC(C)(C)OC(=O)N1CCCC1(C=O)C1COCC1O. The number of likely N-dealkylation sites (tertiary alicyclic amines) is 1. The lowest BCUT2D eigenvalue weighted by Crippen LogP contribution is -2.57. The first kappa shape index (κ1) is 15.3. The minimum Gasteiger partial charge on any atom is -0.444 e. The van der Waals surface area contributed by atoms with Crippen molar-refractivity contribution in [3.63, 3.8) is 0 Å². The quantitative estimate of drug-likeness (QED) is 0.765. The number of rotatable bonds is 2. The Morgan fingerprint density at radius 2 is 2.15 bits per heavy atom. The van der Waals surface area contributed by atoms with Crippen LogP contribution in [0.2, 0.25) is 0 Å². The lowest BCUT2D eigenvalue weighted by Gasteiger charge is -2.39. The van der Waals surface area contributed by atoms with E-state index in [1.54, 1.807) is 20.8 Å². The predicted molar refractivity (Wildman–Crippen MR) is 71.3 cm³/mol. The first-order valence-corrected chi connectivity index (χ1v) is 7.03. The number of hydrogen-bond acceptors (Lipinski definition) is 5. The van der Waals surface area contributed by atoms with Crippen LogP contribution in [-0.4, -0.2) is 59.4 Å². The highest BCUT2D eigenvalue weighted by Crippen LogP contribution is 2.39. The molecule has 2 fully saturated rings. The van der Waals surface area contributed by atoms with Crippen LogP contribution in [0.3, 0.4) is 0 Å². The van der Waals surface area contributed by atoms with Gasteiger partial charge in [-0.15, -0.1) is 0 Å². The van der Waals surface area contributed by atoms with E-state index in [1.807, 2.05) is 0 Å². The van der Waals surface area contributed by atoms with Gasteiger partial charge in [-0.3, -0.25) is 4.90 Å². The molecule has 3 unspecified atom stereocenters. The Balaban J connectivity index is 2.23. The summed E-state index contributed by atoms with van der Waals surface area (Å²) in [5.41, 5.74) is -1.61. The van der Waals surface area contributed by atoms with Crippen LogP contribution >= 0.6 is 0 Å². The van der Waals surface area contributed by atoms with Crippen molar-refractivity contribution in [2.24, 2.45) is 5.92 Å². The fourth-order valence-electron chi connectivity index (χ4n) is 3.06. The molecule has 0 spiro atoms. The highest BCUT2D eigenvalue weighted by atomic mass is 16.6. The Labute approximate surface area is 119 Å². The second kappa shape index (κ2) is 5.33. The molecule has 3 atom stereocenters. The monoisotopic (exact) mass is 285 g/mol.